The molecule has 0 saturated heterocycles. The first-order chi connectivity index (χ1) is 10.0. The molecule has 0 aliphatic heterocycles. The summed E-state index contributed by atoms with van der Waals surface area (Å²) in [6.07, 6.45) is 0. The second kappa shape index (κ2) is 6.06. The van der Waals surface area contributed by atoms with Crippen LogP contribution >= 0.6 is 0 Å². The van der Waals surface area contributed by atoms with E-state index < -0.39 is 11.8 Å². The number of rotatable bonds is 3. The van der Waals surface area contributed by atoms with Crippen LogP contribution in [0.5, 0.6) is 0 Å². The largest absolute Gasteiger partial charge is 0.457 e. The van der Waals surface area contributed by atoms with E-state index in [-0.39, 0.29) is 17.7 Å². The van der Waals surface area contributed by atoms with Crippen molar-refractivity contribution >= 4 is 11.7 Å². The average molecular weight is 284 g/mol. The van der Waals surface area contributed by atoms with Crippen molar-refractivity contribution in [3.8, 4) is 6.07 Å². The lowest BCUT2D eigenvalue weighted by Crippen LogP contribution is -2.08. The van der Waals surface area contributed by atoms with Crippen molar-refractivity contribution in [2.24, 2.45) is 0 Å². The SMILES string of the molecule is Cc1ccc(N)c(C(=O)OCc2ccc(F)c(C#N)c2)c1. The van der Waals surface area contributed by atoms with Crippen molar-refractivity contribution in [3.05, 3.63) is 64.5 Å². The molecule has 0 aliphatic rings. The molecule has 2 aromatic carbocycles. The minimum absolute atomic E-state index is 0.0544. The van der Waals surface area contributed by atoms with Crippen molar-refractivity contribution in [1.29, 1.82) is 5.26 Å². The number of anilines is 1. The number of carbonyl (C=O) groups is 1. The molecule has 0 fully saturated rings. The van der Waals surface area contributed by atoms with Gasteiger partial charge in [-0.15, -0.1) is 0 Å². The Labute approximate surface area is 121 Å². The van der Waals surface area contributed by atoms with E-state index in [1.54, 1.807) is 24.3 Å². The van der Waals surface area contributed by atoms with Crippen molar-refractivity contribution in [3.63, 3.8) is 0 Å². The molecule has 2 N–H and O–H groups in total. The Morgan fingerprint density at radius 2 is 2.10 bits per heavy atom. The molecule has 0 amide bonds. The highest BCUT2D eigenvalue weighted by Crippen LogP contribution is 2.16. The molecule has 0 atom stereocenters. The molecule has 0 heterocycles. The quantitative estimate of drug-likeness (QED) is 0.694. The summed E-state index contributed by atoms with van der Waals surface area (Å²) < 4.78 is 18.3. The van der Waals surface area contributed by atoms with Gasteiger partial charge in [-0.1, -0.05) is 17.7 Å². The summed E-state index contributed by atoms with van der Waals surface area (Å²) in [4.78, 5) is 12.0. The molecule has 0 radical (unpaired) electrons. The Kier molecular flexibility index (Phi) is 4.19. The van der Waals surface area contributed by atoms with Crippen LogP contribution in [0, 0.1) is 24.1 Å². The molecule has 0 aromatic heterocycles. The molecule has 0 unspecified atom stereocenters. The van der Waals surface area contributed by atoms with Crippen LogP contribution in [0.4, 0.5) is 10.1 Å². The van der Waals surface area contributed by atoms with Crippen LogP contribution < -0.4 is 5.73 Å². The molecule has 0 bridgehead atoms. The molecule has 2 rings (SSSR count). The summed E-state index contributed by atoms with van der Waals surface area (Å²) >= 11 is 0. The maximum absolute atomic E-state index is 13.2. The first-order valence-electron chi connectivity index (χ1n) is 6.23. The highest BCUT2D eigenvalue weighted by atomic mass is 19.1. The van der Waals surface area contributed by atoms with Crippen molar-refractivity contribution in [2.75, 3.05) is 5.73 Å². The van der Waals surface area contributed by atoms with E-state index in [9.17, 15) is 9.18 Å². The van der Waals surface area contributed by atoms with Gasteiger partial charge < -0.3 is 10.5 Å². The average Bonchev–Trinajstić information content (AvgIpc) is 2.48. The fraction of sp³-hybridized carbons (Fsp3) is 0.125. The van der Waals surface area contributed by atoms with Crippen LogP contribution in [0.1, 0.15) is 27.0 Å². The summed E-state index contributed by atoms with van der Waals surface area (Å²) in [5.74, 6) is -1.16. The molecule has 4 nitrogen and oxygen atoms in total. The van der Waals surface area contributed by atoms with Gasteiger partial charge in [-0.25, -0.2) is 9.18 Å². The number of esters is 1. The van der Waals surface area contributed by atoms with Crippen molar-refractivity contribution in [1.82, 2.24) is 0 Å². The molecule has 106 valence electrons. The Morgan fingerprint density at radius 3 is 2.81 bits per heavy atom. The Bertz CT molecular complexity index is 736. The lowest BCUT2D eigenvalue weighted by atomic mass is 10.1. The van der Waals surface area contributed by atoms with Crippen molar-refractivity contribution < 1.29 is 13.9 Å². The number of aryl methyl sites for hydroxylation is 1. The number of nitrogen functional groups attached to an aromatic ring is 1. The predicted molar refractivity (Wildman–Crippen MR) is 75.8 cm³/mol. The van der Waals surface area contributed by atoms with Gasteiger partial charge in [-0.05, 0) is 36.8 Å². The Hall–Kier alpha value is -2.87. The van der Waals surface area contributed by atoms with E-state index >= 15 is 0 Å². The Morgan fingerprint density at radius 1 is 1.33 bits per heavy atom. The highest BCUT2D eigenvalue weighted by Gasteiger charge is 2.12. The zero-order valence-electron chi connectivity index (χ0n) is 11.4. The first kappa shape index (κ1) is 14.5. The zero-order chi connectivity index (χ0) is 15.4. The van der Waals surface area contributed by atoms with E-state index in [2.05, 4.69) is 0 Å². The third-order valence-corrected chi connectivity index (χ3v) is 2.95. The summed E-state index contributed by atoms with van der Waals surface area (Å²) in [6, 6.07) is 10.8. The minimum Gasteiger partial charge on any atom is -0.457 e. The number of hydrogen-bond acceptors (Lipinski definition) is 4. The van der Waals surface area contributed by atoms with Gasteiger partial charge in [0.2, 0.25) is 0 Å². The van der Waals surface area contributed by atoms with Crippen LogP contribution in [-0.2, 0) is 11.3 Å². The summed E-state index contributed by atoms with van der Waals surface area (Å²) in [5, 5.41) is 8.75. The van der Waals surface area contributed by atoms with Gasteiger partial charge in [-0.3, -0.25) is 0 Å². The number of carbonyl (C=O) groups excluding carboxylic acids is 1. The van der Waals surface area contributed by atoms with Crippen LogP contribution in [-0.4, -0.2) is 5.97 Å². The van der Waals surface area contributed by atoms with Crippen LogP contribution in [0.15, 0.2) is 36.4 Å². The predicted octanol–water partition coefficient (Wildman–Crippen LogP) is 2.95. The Balaban J connectivity index is 2.11. The maximum atomic E-state index is 13.2. The monoisotopic (exact) mass is 284 g/mol. The number of halogens is 1. The molecule has 21 heavy (non-hydrogen) atoms. The molecule has 0 spiro atoms. The van der Waals surface area contributed by atoms with Gasteiger partial charge in [0.1, 0.15) is 18.5 Å². The summed E-state index contributed by atoms with van der Waals surface area (Å²) in [6.45, 7) is 1.79. The normalized spacial score (nSPS) is 9.95. The third-order valence-electron chi connectivity index (χ3n) is 2.95. The number of nitrogens with zero attached hydrogens (tertiary/aromatic N) is 1. The fourth-order valence-electron chi connectivity index (χ4n) is 1.82. The first-order valence-corrected chi connectivity index (χ1v) is 6.23. The number of hydrogen-bond donors (Lipinski definition) is 1. The van der Waals surface area contributed by atoms with Gasteiger partial charge in [-0.2, -0.15) is 5.26 Å². The molecular weight excluding hydrogens is 271 g/mol. The lowest BCUT2D eigenvalue weighted by Gasteiger charge is -2.08. The van der Waals surface area contributed by atoms with E-state index in [0.717, 1.165) is 5.56 Å². The molecule has 5 heteroatoms. The van der Waals surface area contributed by atoms with Gasteiger partial charge in [0.15, 0.2) is 0 Å². The minimum atomic E-state index is -0.601. The third kappa shape index (κ3) is 3.37. The number of nitriles is 1. The van der Waals surface area contributed by atoms with E-state index in [4.69, 9.17) is 15.7 Å². The topological polar surface area (TPSA) is 76.1 Å². The van der Waals surface area contributed by atoms with Gasteiger partial charge >= 0.3 is 5.97 Å². The maximum Gasteiger partial charge on any atom is 0.340 e. The van der Waals surface area contributed by atoms with Crippen molar-refractivity contribution in [2.45, 2.75) is 13.5 Å². The fourth-order valence-corrected chi connectivity index (χ4v) is 1.82. The van der Waals surface area contributed by atoms with E-state index in [1.807, 2.05) is 6.92 Å². The zero-order valence-corrected chi connectivity index (χ0v) is 11.4. The number of benzene rings is 2. The second-order valence-corrected chi connectivity index (χ2v) is 4.59. The molecular formula is C16H13FN2O2. The molecule has 0 aliphatic carbocycles. The highest BCUT2D eigenvalue weighted by molar-refractivity contribution is 5.95. The summed E-state index contributed by atoms with van der Waals surface area (Å²) in [7, 11) is 0. The van der Waals surface area contributed by atoms with Gasteiger partial charge in [0, 0.05) is 5.69 Å². The summed E-state index contributed by atoms with van der Waals surface area (Å²) in [5.41, 5.74) is 7.70. The standard InChI is InChI=1S/C16H13FN2O2/c1-10-2-5-15(19)13(6-10)16(20)21-9-11-3-4-14(17)12(7-11)8-18/h2-7H,9,19H2,1H3. The van der Waals surface area contributed by atoms with Gasteiger partial charge in [0.05, 0.1) is 11.1 Å². The second-order valence-electron chi connectivity index (χ2n) is 4.59. The van der Waals surface area contributed by atoms with Gasteiger partial charge in [0.25, 0.3) is 0 Å². The molecule has 0 saturated carbocycles. The lowest BCUT2D eigenvalue weighted by molar-refractivity contribution is 0.0474. The number of nitrogens with two attached hydrogens (primary N) is 1. The van der Waals surface area contributed by atoms with Crippen LogP contribution in [0.2, 0.25) is 0 Å². The van der Waals surface area contributed by atoms with Crippen LogP contribution in [0.3, 0.4) is 0 Å². The number of ether oxygens (including phenoxy) is 1. The van der Waals surface area contributed by atoms with E-state index in [0.29, 0.717) is 11.3 Å². The van der Waals surface area contributed by atoms with Crippen LogP contribution in [0.25, 0.3) is 0 Å². The molecule has 2 aromatic rings. The van der Waals surface area contributed by atoms with E-state index in [1.165, 1.54) is 18.2 Å². The smallest absolute Gasteiger partial charge is 0.340 e.